The van der Waals surface area contributed by atoms with Crippen molar-refractivity contribution in [3.8, 4) is 11.4 Å². The van der Waals surface area contributed by atoms with Crippen LogP contribution in [-0.2, 0) is 4.74 Å². The highest BCUT2D eigenvalue weighted by Gasteiger charge is 2.24. The summed E-state index contributed by atoms with van der Waals surface area (Å²) in [6, 6.07) is 7.39. The van der Waals surface area contributed by atoms with Crippen molar-refractivity contribution < 1.29 is 14.6 Å². The van der Waals surface area contributed by atoms with Crippen molar-refractivity contribution >= 4 is 28.6 Å². The van der Waals surface area contributed by atoms with Crippen LogP contribution in [0.15, 0.2) is 30.5 Å². The molecule has 180 valence electrons. The third kappa shape index (κ3) is 4.81. The van der Waals surface area contributed by atoms with E-state index in [1.54, 1.807) is 0 Å². The maximum Gasteiger partial charge on any atom is 0.319 e. The molecule has 2 aromatic heterocycles. The van der Waals surface area contributed by atoms with Crippen LogP contribution in [0.5, 0.6) is 0 Å². The molecule has 2 aliphatic heterocycles. The van der Waals surface area contributed by atoms with E-state index in [2.05, 4.69) is 25.5 Å². The molecule has 2 amide bonds. The van der Waals surface area contributed by atoms with E-state index < -0.39 is 0 Å². The van der Waals surface area contributed by atoms with Crippen molar-refractivity contribution in [1.29, 1.82) is 0 Å². The van der Waals surface area contributed by atoms with Crippen LogP contribution in [0.1, 0.15) is 18.9 Å². The Morgan fingerprint density at radius 2 is 1.91 bits per heavy atom. The van der Waals surface area contributed by atoms with Gasteiger partial charge in [0.25, 0.3) is 0 Å². The number of nitrogens with zero attached hydrogens (tertiary/aromatic N) is 5. The maximum absolute atomic E-state index is 11.9. The number of aromatic nitrogens is 4. The molecule has 0 bridgehead atoms. The van der Waals surface area contributed by atoms with Crippen LogP contribution in [0.2, 0.25) is 0 Å². The molecule has 34 heavy (non-hydrogen) atoms. The number of rotatable bonds is 6. The van der Waals surface area contributed by atoms with Gasteiger partial charge in [0.15, 0.2) is 11.5 Å². The first-order chi connectivity index (χ1) is 16.7. The largest absolute Gasteiger partial charge is 0.395 e. The number of ether oxygens (including phenoxy) is 1. The van der Waals surface area contributed by atoms with Gasteiger partial charge in [0.05, 0.1) is 37.4 Å². The summed E-state index contributed by atoms with van der Waals surface area (Å²) in [5.41, 5.74) is 2.35. The summed E-state index contributed by atoms with van der Waals surface area (Å²) in [5, 5.41) is 23.3. The molecule has 4 N–H and O–H groups in total. The van der Waals surface area contributed by atoms with Crippen molar-refractivity contribution in [1.82, 2.24) is 30.4 Å². The minimum atomic E-state index is -0.361. The van der Waals surface area contributed by atoms with E-state index in [1.165, 1.54) is 0 Å². The molecule has 1 aromatic carbocycles. The molecule has 0 radical (unpaired) electrons. The van der Waals surface area contributed by atoms with Gasteiger partial charge in [-0.1, -0.05) is 0 Å². The second-order valence-corrected chi connectivity index (χ2v) is 8.46. The molecule has 2 aliphatic rings. The Balaban J connectivity index is 1.49. The van der Waals surface area contributed by atoms with Crippen LogP contribution >= 0.6 is 0 Å². The number of nitrogens with one attached hydrogen (secondary N) is 3. The number of morpholine rings is 1. The molecular weight excluding hydrogens is 436 g/mol. The van der Waals surface area contributed by atoms with Crippen molar-refractivity contribution in [2.45, 2.75) is 18.9 Å². The van der Waals surface area contributed by atoms with Gasteiger partial charge in [-0.25, -0.2) is 19.4 Å². The Kier molecular flexibility index (Phi) is 6.84. The van der Waals surface area contributed by atoms with Crippen LogP contribution in [0.4, 0.5) is 16.3 Å². The van der Waals surface area contributed by atoms with Gasteiger partial charge >= 0.3 is 6.03 Å². The lowest BCUT2D eigenvalue weighted by atomic mass is 10.1. The number of urea groups is 1. The molecule has 0 spiro atoms. The second-order valence-electron chi connectivity index (χ2n) is 8.46. The number of carbonyl (C=O) groups is 1. The zero-order valence-corrected chi connectivity index (χ0v) is 19.0. The highest BCUT2D eigenvalue weighted by atomic mass is 16.5. The molecule has 0 unspecified atom stereocenters. The smallest absolute Gasteiger partial charge is 0.319 e. The number of anilines is 2. The molecule has 4 heterocycles. The molecule has 11 nitrogen and oxygen atoms in total. The SMILES string of the molecule is O=C(NCCO)Nc1ccc(-c2nc(N3CCOCC3)c3cnn(C4CCNCC4)c3n2)cc1. The van der Waals surface area contributed by atoms with Gasteiger partial charge in [-0.2, -0.15) is 5.10 Å². The summed E-state index contributed by atoms with van der Waals surface area (Å²) in [5.74, 6) is 1.51. The van der Waals surface area contributed by atoms with Crippen LogP contribution < -0.4 is 20.9 Å². The number of hydrogen-bond acceptors (Lipinski definition) is 8. The van der Waals surface area contributed by atoms with E-state index in [4.69, 9.17) is 24.9 Å². The predicted octanol–water partition coefficient (Wildman–Crippen LogP) is 1.37. The molecular formula is C23H30N8O3. The highest BCUT2D eigenvalue weighted by molar-refractivity contribution is 5.90. The Morgan fingerprint density at radius 3 is 2.65 bits per heavy atom. The fraction of sp³-hybridized carbons (Fsp3) is 0.478. The van der Waals surface area contributed by atoms with E-state index in [0.29, 0.717) is 30.8 Å². The van der Waals surface area contributed by atoms with Crippen molar-refractivity contribution in [3.63, 3.8) is 0 Å². The van der Waals surface area contributed by atoms with Gasteiger partial charge in [-0.05, 0) is 50.2 Å². The predicted molar refractivity (Wildman–Crippen MR) is 129 cm³/mol. The number of fused-ring (bicyclic) bond motifs is 1. The monoisotopic (exact) mass is 466 g/mol. The Hall–Kier alpha value is -3.28. The molecule has 3 aromatic rings. The molecule has 5 rings (SSSR count). The average molecular weight is 467 g/mol. The normalized spacial score (nSPS) is 17.1. The number of carbonyl (C=O) groups excluding carboxylic acids is 1. The van der Waals surface area contributed by atoms with Crippen molar-refractivity contribution in [2.75, 3.05) is 62.8 Å². The quantitative estimate of drug-likeness (QED) is 0.429. The number of aliphatic hydroxyl groups excluding tert-OH is 1. The Labute approximate surface area is 197 Å². The number of aliphatic hydroxyl groups is 1. The van der Waals surface area contributed by atoms with Gasteiger partial charge in [0.2, 0.25) is 0 Å². The van der Waals surface area contributed by atoms with E-state index in [9.17, 15) is 4.79 Å². The van der Waals surface area contributed by atoms with Crippen LogP contribution in [0, 0.1) is 0 Å². The Bertz CT molecular complexity index is 1120. The molecule has 0 saturated carbocycles. The third-order valence-corrected chi connectivity index (χ3v) is 6.20. The van der Waals surface area contributed by atoms with Crippen molar-refractivity contribution in [3.05, 3.63) is 30.5 Å². The lowest BCUT2D eigenvalue weighted by Crippen LogP contribution is -2.37. The number of benzene rings is 1. The standard InChI is InChI=1S/C23H30N8O3/c32-12-9-25-23(33)27-17-3-1-16(2-4-17)20-28-21(30-10-13-34-14-11-30)19-15-26-31(22(19)29-20)18-5-7-24-8-6-18/h1-4,15,18,24,32H,5-14H2,(H2,25,27,33). The zero-order valence-electron chi connectivity index (χ0n) is 19.0. The molecule has 11 heteroatoms. The van der Waals surface area contributed by atoms with Crippen LogP contribution in [0.3, 0.4) is 0 Å². The van der Waals surface area contributed by atoms with E-state index in [-0.39, 0.29) is 19.2 Å². The maximum atomic E-state index is 11.9. The fourth-order valence-corrected chi connectivity index (χ4v) is 4.42. The summed E-state index contributed by atoms with van der Waals surface area (Å²) in [6.45, 7) is 4.93. The summed E-state index contributed by atoms with van der Waals surface area (Å²) in [6.07, 6.45) is 3.92. The van der Waals surface area contributed by atoms with Gasteiger partial charge in [-0.15, -0.1) is 0 Å². The van der Waals surface area contributed by atoms with Crippen molar-refractivity contribution in [2.24, 2.45) is 0 Å². The molecule has 0 aliphatic carbocycles. The number of hydrogen-bond donors (Lipinski definition) is 4. The van der Waals surface area contributed by atoms with E-state index >= 15 is 0 Å². The van der Waals surface area contributed by atoms with Gasteiger partial charge < -0.3 is 30.7 Å². The summed E-state index contributed by atoms with van der Waals surface area (Å²) in [4.78, 5) is 24.0. The second kappa shape index (κ2) is 10.3. The first-order valence-corrected chi connectivity index (χ1v) is 11.8. The number of piperidine rings is 1. The molecule has 2 saturated heterocycles. The lowest BCUT2D eigenvalue weighted by molar-refractivity contribution is 0.122. The highest BCUT2D eigenvalue weighted by Crippen LogP contribution is 2.31. The van der Waals surface area contributed by atoms with Gasteiger partial charge in [0, 0.05) is 30.9 Å². The topological polar surface area (TPSA) is 129 Å². The van der Waals surface area contributed by atoms with E-state index in [1.807, 2.05) is 30.5 Å². The number of amides is 2. The van der Waals surface area contributed by atoms with Crippen LogP contribution in [0.25, 0.3) is 22.4 Å². The summed E-state index contributed by atoms with van der Waals surface area (Å²) in [7, 11) is 0. The Morgan fingerprint density at radius 1 is 1.15 bits per heavy atom. The molecule has 0 atom stereocenters. The lowest BCUT2D eigenvalue weighted by Gasteiger charge is -2.28. The summed E-state index contributed by atoms with van der Waals surface area (Å²) < 4.78 is 7.61. The first-order valence-electron chi connectivity index (χ1n) is 11.8. The third-order valence-electron chi connectivity index (χ3n) is 6.20. The average Bonchev–Trinajstić information content (AvgIpc) is 3.32. The minimum Gasteiger partial charge on any atom is -0.395 e. The van der Waals surface area contributed by atoms with Gasteiger partial charge in [-0.3, -0.25) is 0 Å². The summed E-state index contributed by atoms with van der Waals surface area (Å²) >= 11 is 0. The van der Waals surface area contributed by atoms with E-state index in [0.717, 1.165) is 61.4 Å². The fourth-order valence-electron chi connectivity index (χ4n) is 4.42. The van der Waals surface area contributed by atoms with Gasteiger partial charge in [0.1, 0.15) is 5.82 Å². The molecule has 2 fully saturated rings. The minimum absolute atomic E-state index is 0.106. The first kappa shape index (κ1) is 22.5. The van der Waals surface area contributed by atoms with Crippen LogP contribution in [-0.4, -0.2) is 83.4 Å². The zero-order chi connectivity index (χ0) is 23.3.